The van der Waals surface area contributed by atoms with Crippen molar-refractivity contribution in [2.24, 2.45) is 0 Å². The molecule has 0 unspecified atom stereocenters. The smallest absolute Gasteiger partial charge is 0.317 e. The Hall–Kier alpha value is -2.29. The molecule has 4 rings (SSSR count). The molecule has 2 aliphatic heterocycles. The highest BCUT2D eigenvalue weighted by Crippen LogP contribution is 2.44. The molecule has 1 spiro atoms. The number of hydrogen-bond donors (Lipinski definition) is 1. The summed E-state index contributed by atoms with van der Waals surface area (Å²) < 4.78 is 0. The molecule has 0 atom stereocenters. The molecule has 3 fully saturated rings. The van der Waals surface area contributed by atoms with Gasteiger partial charge in [0.15, 0.2) is 0 Å². The van der Waals surface area contributed by atoms with Crippen molar-refractivity contribution in [3.63, 3.8) is 0 Å². The lowest BCUT2D eigenvalue weighted by atomic mass is 9.95. The lowest BCUT2D eigenvalue weighted by molar-refractivity contribution is -0.384. The molecule has 0 bridgehead atoms. The van der Waals surface area contributed by atoms with Crippen LogP contribution in [0.25, 0.3) is 0 Å². The third kappa shape index (κ3) is 4.26. The molecule has 9 heteroatoms. The predicted octanol–water partition coefficient (Wildman–Crippen LogP) is 3.62. The molecule has 1 aromatic carbocycles. The van der Waals surface area contributed by atoms with Crippen LogP contribution in [0.2, 0.25) is 0 Å². The van der Waals surface area contributed by atoms with E-state index in [1.54, 1.807) is 11.8 Å². The first kappa shape index (κ1) is 21.0. The van der Waals surface area contributed by atoms with E-state index in [9.17, 15) is 19.7 Å². The molecule has 1 aliphatic carbocycles. The summed E-state index contributed by atoms with van der Waals surface area (Å²) in [7, 11) is 0. The van der Waals surface area contributed by atoms with E-state index in [1.165, 1.54) is 43.5 Å². The summed E-state index contributed by atoms with van der Waals surface area (Å²) >= 11 is 1.79. The number of piperidine rings is 1. The molecule has 30 heavy (non-hydrogen) atoms. The van der Waals surface area contributed by atoms with Crippen LogP contribution in [0.5, 0.6) is 0 Å². The van der Waals surface area contributed by atoms with Gasteiger partial charge in [-0.25, -0.2) is 4.79 Å². The van der Waals surface area contributed by atoms with Crippen molar-refractivity contribution in [1.29, 1.82) is 0 Å². The molecule has 3 amide bonds. The van der Waals surface area contributed by atoms with Crippen molar-refractivity contribution in [1.82, 2.24) is 15.1 Å². The molecule has 8 nitrogen and oxygen atoms in total. The Kier molecular flexibility index (Phi) is 6.17. The molecule has 2 saturated heterocycles. The predicted molar refractivity (Wildman–Crippen MR) is 116 cm³/mol. The molecule has 1 N–H and O–H groups in total. The van der Waals surface area contributed by atoms with Crippen molar-refractivity contribution < 1.29 is 14.5 Å². The van der Waals surface area contributed by atoms with Gasteiger partial charge in [-0.3, -0.25) is 14.9 Å². The van der Waals surface area contributed by atoms with Crippen LogP contribution < -0.4 is 5.32 Å². The van der Waals surface area contributed by atoms with Gasteiger partial charge < -0.3 is 15.1 Å². The van der Waals surface area contributed by atoms with Crippen LogP contribution in [0.15, 0.2) is 24.3 Å². The molecule has 2 heterocycles. The van der Waals surface area contributed by atoms with E-state index in [0.717, 1.165) is 31.4 Å². The Bertz CT molecular complexity index is 802. The van der Waals surface area contributed by atoms with Crippen molar-refractivity contribution in [2.75, 3.05) is 25.4 Å². The van der Waals surface area contributed by atoms with Crippen LogP contribution in [-0.2, 0) is 0 Å². The second kappa shape index (κ2) is 8.83. The van der Waals surface area contributed by atoms with Gasteiger partial charge in [-0.15, -0.1) is 11.8 Å². The van der Waals surface area contributed by atoms with Crippen LogP contribution in [0, 0.1) is 10.1 Å². The zero-order valence-corrected chi connectivity index (χ0v) is 17.9. The number of benzene rings is 1. The Labute approximate surface area is 180 Å². The number of urea groups is 1. The monoisotopic (exact) mass is 432 g/mol. The number of hydrogen-bond acceptors (Lipinski definition) is 5. The van der Waals surface area contributed by atoms with Gasteiger partial charge in [0.25, 0.3) is 11.6 Å². The molecule has 0 aromatic heterocycles. The van der Waals surface area contributed by atoms with Gasteiger partial charge >= 0.3 is 6.03 Å². The third-order valence-corrected chi connectivity index (χ3v) is 8.07. The summed E-state index contributed by atoms with van der Waals surface area (Å²) in [5.74, 6) is 0.780. The Balaban J connectivity index is 1.37. The zero-order chi connectivity index (χ0) is 21.1. The van der Waals surface area contributed by atoms with Gasteiger partial charge in [0, 0.05) is 49.1 Å². The summed E-state index contributed by atoms with van der Waals surface area (Å²) in [5.41, 5.74) is 0.453. The second-order valence-electron chi connectivity index (χ2n) is 8.33. The van der Waals surface area contributed by atoms with E-state index in [2.05, 4.69) is 5.32 Å². The van der Waals surface area contributed by atoms with Crippen LogP contribution in [0.4, 0.5) is 10.5 Å². The summed E-state index contributed by atoms with van der Waals surface area (Å²) in [6.07, 6.45) is 7.25. The fourth-order valence-electron chi connectivity index (χ4n) is 4.76. The number of nitro benzene ring substituents is 1. The first-order valence-corrected chi connectivity index (χ1v) is 11.7. The number of nitrogens with zero attached hydrogens (tertiary/aromatic N) is 3. The summed E-state index contributed by atoms with van der Waals surface area (Å²) in [4.78, 5) is 39.7. The minimum atomic E-state index is -0.463. The molecule has 0 radical (unpaired) electrons. The van der Waals surface area contributed by atoms with Crippen molar-refractivity contribution in [3.8, 4) is 0 Å². The van der Waals surface area contributed by atoms with Gasteiger partial charge in [-0.2, -0.15) is 0 Å². The van der Waals surface area contributed by atoms with E-state index in [1.807, 2.05) is 9.80 Å². The first-order valence-electron chi connectivity index (χ1n) is 10.7. The normalized spacial score (nSPS) is 21.6. The zero-order valence-electron chi connectivity index (χ0n) is 17.0. The Morgan fingerprint density at radius 1 is 1.07 bits per heavy atom. The van der Waals surface area contributed by atoms with E-state index >= 15 is 0 Å². The summed E-state index contributed by atoms with van der Waals surface area (Å²) in [6, 6.07) is 6.13. The van der Waals surface area contributed by atoms with Crippen LogP contribution >= 0.6 is 11.8 Å². The third-order valence-electron chi connectivity index (χ3n) is 6.51. The van der Waals surface area contributed by atoms with E-state index < -0.39 is 4.92 Å². The largest absolute Gasteiger partial charge is 0.335 e. The average molecular weight is 433 g/mol. The van der Waals surface area contributed by atoms with E-state index in [-0.39, 0.29) is 22.5 Å². The maximum atomic E-state index is 13.1. The number of nitrogens with one attached hydrogen (secondary N) is 1. The SMILES string of the molecule is O=C(NC1CCCCC1)N1CCC2(CC1)SCCN2C(=O)c1ccc([N+](=O)[O-])cc1. The maximum Gasteiger partial charge on any atom is 0.317 e. The molecule has 3 aliphatic rings. The van der Waals surface area contributed by atoms with Crippen molar-refractivity contribution in [3.05, 3.63) is 39.9 Å². The highest BCUT2D eigenvalue weighted by Gasteiger charge is 2.47. The fraction of sp³-hybridized carbons (Fsp3) is 0.619. The van der Waals surface area contributed by atoms with Crippen LogP contribution in [-0.4, -0.2) is 63.0 Å². The standard InChI is InChI=1S/C21H28N4O4S/c26-19(16-6-8-18(9-7-16)25(28)29)24-14-15-30-21(24)10-12-23(13-11-21)20(27)22-17-4-2-1-3-5-17/h6-9,17H,1-5,10-15H2,(H,22,27). The van der Waals surface area contributed by atoms with E-state index in [4.69, 9.17) is 0 Å². The molecule has 162 valence electrons. The molecular weight excluding hydrogens is 404 g/mol. The van der Waals surface area contributed by atoms with Gasteiger partial charge in [0.2, 0.25) is 0 Å². The number of amides is 3. The summed E-state index contributed by atoms with van der Waals surface area (Å²) in [6.45, 7) is 1.93. The minimum Gasteiger partial charge on any atom is -0.335 e. The summed E-state index contributed by atoms with van der Waals surface area (Å²) in [5, 5.41) is 14.0. The van der Waals surface area contributed by atoms with E-state index in [0.29, 0.717) is 31.2 Å². The number of likely N-dealkylation sites (tertiary alicyclic amines) is 1. The van der Waals surface area contributed by atoms with Crippen molar-refractivity contribution in [2.45, 2.75) is 55.9 Å². The van der Waals surface area contributed by atoms with Gasteiger partial charge in [-0.1, -0.05) is 19.3 Å². The number of carbonyl (C=O) groups is 2. The van der Waals surface area contributed by atoms with Gasteiger partial charge in [0.1, 0.15) is 0 Å². The van der Waals surface area contributed by atoms with Crippen LogP contribution in [0.1, 0.15) is 55.3 Å². The highest BCUT2D eigenvalue weighted by atomic mass is 32.2. The lowest BCUT2D eigenvalue weighted by Crippen LogP contribution is -2.56. The van der Waals surface area contributed by atoms with Crippen LogP contribution in [0.3, 0.4) is 0 Å². The Morgan fingerprint density at radius 3 is 2.37 bits per heavy atom. The molecular formula is C21H28N4O4S. The quantitative estimate of drug-likeness (QED) is 0.581. The number of nitro groups is 1. The van der Waals surface area contributed by atoms with Crippen molar-refractivity contribution >= 4 is 29.4 Å². The fourth-order valence-corrected chi connectivity index (χ4v) is 6.22. The lowest BCUT2D eigenvalue weighted by Gasteiger charge is -2.44. The van der Waals surface area contributed by atoms with Gasteiger partial charge in [-0.05, 0) is 37.8 Å². The number of non-ortho nitro benzene ring substituents is 1. The highest BCUT2D eigenvalue weighted by molar-refractivity contribution is 8.00. The Morgan fingerprint density at radius 2 is 1.73 bits per heavy atom. The average Bonchev–Trinajstić information content (AvgIpc) is 3.17. The number of thioether (sulfide) groups is 1. The number of rotatable bonds is 3. The second-order valence-corrected chi connectivity index (χ2v) is 9.78. The minimum absolute atomic E-state index is 0.0191. The molecule has 1 aromatic rings. The number of carbonyl (C=O) groups excluding carboxylic acids is 2. The molecule has 1 saturated carbocycles. The first-order chi connectivity index (χ1) is 14.5. The van der Waals surface area contributed by atoms with Gasteiger partial charge in [0.05, 0.1) is 9.79 Å². The topological polar surface area (TPSA) is 95.8 Å². The maximum absolute atomic E-state index is 13.1.